The van der Waals surface area contributed by atoms with Crippen molar-refractivity contribution in [3.8, 4) is 11.3 Å². The van der Waals surface area contributed by atoms with E-state index < -0.39 is 5.97 Å². The number of nitrogens with zero attached hydrogens (tertiary/aromatic N) is 3. The molecular weight excluding hydrogens is 438 g/mol. The Morgan fingerprint density at radius 2 is 1.80 bits per heavy atom. The average Bonchev–Trinajstić information content (AvgIpc) is 3.07. The van der Waals surface area contributed by atoms with Crippen molar-refractivity contribution in [2.75, 3.05) is 18.6 Å². The van der Waals surface area contributed by atoms with Crippen molar-refractivity contribution < 1.29 is 14.3 Å². The van der Waals surface area contributed by atoms with Gasteiger partial charge in [0.25, 0.3) is 0 Å². The first kappa shape index (κ1) is 22.5. The zero-order valence-corrected chi connectivity index (χ0v) is 19.9. The first-order valence-electron chi connectivity index (χ1n) is 11.4. The third kappa shape index (κ3) is 4.08. The summed E-state index contributed by atoms with van der Waals surface area (Å²) in [4.78, 5) is 36.8. The SMILES string of the molecule is CN1C(=CC(=O)COC(=O)c2cc(-c3cccnc3)nc3ccccc23)C(C)(C)c2ccccc21. The van der Waals surface area contributed by atoms with Crippen molar-refractivity contribution in [3.63, 3.8) is 0 Å². The van der Waals surface area contributed by atoms with Gasteiger partial charge in [0.05, 0.1) is 16.8 Å². The van der Waals surface area contributed by atoms with Crippen molar-refractivity contribution in [2.45, 2.75) is 19.3 Å². The molecule has 1 aliphatic heterocycles. The lowest BCUT2D eigenvalue weighted by Crippen LogP contribution is -2.25. The minimum atomic E-state index is -0.567. The number of hydrogen-bond acceptors (Lipinski definition) is 6. The minimum Gasteiger partial charge on any atom is -0.454 e. The second kappa shape index (κ2) is 8.80. The Balaban J connectivity index is 1.39. The summed E-state index contributed by atoms with van der Waals surface area (Å²) < 4.78 is 5.48. The van der Waals surface area contributed by atoms with Gasteiger partial charge in [0.15, 0.2) is 12.4 Å². The summed E-state index contributed by atoms with van der Waals surface area (Å²) in [5.74, 6) is -0.838. The van der Waals surface area contributed by atoms with Crippen molar-refractivity contribution in [1.29, 1.82) is 0 Å². The first-order chi connectivity index (χ1) is 16.9. The van der Waals surface area contributed by atoms with Gasteiger partial charge in [0.1, 0.15) is 0 Å². The van der Waals surface area contributed by atoms with Crippen LogP contribution >= 0.6 is 0 Å². The summed E-state index contributed by atoms with van der Waals surface area (Å²) in [5, 5.41) is 0.669. The van der Waals surface area contributed by atoms with E-state index in [4.69, 9.17) is 4.74 Å². The summed E-state index contributed by atoms with van der Waals surface area (Å²) in [6.45, 7) is 3.83. The fourth-order valence-electron chi connectivity index (χ4n) is 4.67. The maximum absolute atomic E-state index is 13.1. The summed E-state index contributed by atoms with van der Waals surface area (Å²) in [7, 11) is 1.95. The maximum atomic E-state index is 13.1. The second-order valence-electron chi connectivity index (χ2n) is 9.09. The Morgan fingerprint density at radius 1 is 1.03 bits per heavy atom. The van der Waals surface area contributed by atoms with E-state index in [0.717, 1.165) is 22.5 Å². The fourth-order valence-corrected chi connectivity index (χ4v) is 4.67. The number of allylic oxidation sites excluding steroid dienone is 1. The van der Waals surface area contributed by atoms with Gasteiger partial charge in [-0.2, -0.15) is 0 Å². The number of hydrogen-bond donors (Lipinski definition) is 0. The predicted molar refractivity (Wildman–Crippen MR) is 136 cm³/mol. The summed E-state index contributed by atoms with van der Waals surface area (Å²) in [6.07, 6.45) is 4.96. The largest absolute Gasteiger partial charge is 0.454 e. The number of pyridine rings is 2. The first-order valence-corrected chi connectivity index (χ1v) is 11.4. The molecule has 0 saturated carbocycles. The number of ether oxygens (including phenoxy) is 1. The number of para-hydroxylation sites is 2. The van der Waals surface area contributed by atoms with E-state index in [1.165, 1.54) is 0 Å². The van der Waals surface area contributed by atoms with Crippen LogP contribution in [0.15, 0.2) is 90.9 Å². The monoisotopic (exact) mass is 463 g/mol. The quantitative estimate of drug-likeness (QED) is 0.294. The van der Waals surface area contributed by atoms with Gasteiger partial charge in [-0.3, -0.25) is 9.78 Å². The minimum absolute atomic E-state index is 0.271. The van der Waals surface area contributed by atoms with Crippen molar-refractivity contribution in [3.05, 3.63) is 102 Å². The van der Waals surface area contributed by atoms with Crippen LogP contribution in [0.25, 0.3) is 22.2 Å². The Hall–Kier alpha value is -4.32. The molecule has 0 spiro atoms. The molecule has 0 fully saturated rings. The van der Waals surface area contributed by atoms with Gasteiger partial charge in [0.2, 0.25) is 0 Å². The van der Waals surface area contributed by atoms with Crippen molar-refractivity contribution in [2.24, 2.45) is 0 Å². The number of aromatic nitrogens is 2. The van der Waals surface area contributed by atoms with Gasteiger partial charge < -0.3 is 9.64 Å². The van der Waals surface area contributed by atoms with E-state index in [2.05, 4.69) is 29.9 Å². The van der Waals surface area contributed by atoms with Crippen LogP contribution < -0.4 is 4.90 Å². The molecule has 174 valence electrons. The Morgan fingerprint density at radius 3 is 2.57 bits per heavy atom. The number of esters is 1. The number of carbonyl (C=O) groups excluding carboxylic acids is 2. The van der Waals surface area contributed by atoms with Crippen LogP contribution in [0.2, 0.25) is 0 Å². The summed E-state index contributed by atoms with van der Waals surface area (Å²) in [6, 6.07) is 20.9. The molecule has 1 aliphatic rings. The topological polar surface area (TPSA) is 72.4 Å². The molecule has 0 atom stereocenters. The van der Waals surface area contributed by atoms with E-state index in [-0.39, 0.29) is 17.8 Å². The standard InChI is InChI=1S/C29H25N3O3/c1-29(2)23-11-5-7-13-26(23)32(3)27(29)15-20(33)18-35-28(34)22-16-25(19-9-8-14-30-17-19)31-24-12-6-4-10-21(22)24/h4-17H,18H2,1-3H3. The third-order valence-electron chi connectivity index (χ3n) is 6.48. The van der Waals surface area contributed by atoms with Gasteiger partial charge in [-0.05, 0) is 35.9 Å². The molecule has 0 radical (unpaired) electrons. The lowest BCUT2D eigenvalue weighted by molar-refractivity contribution is -0.117. The number of benzene rings is 2. The molecule has 3 heterocycles. The van der Waals surface area contributed by atoms with Gasteiger partial charge in [-0.15, -0.1) is 0 Å². The number of fused-ring (bicyclic) bond motifs is 2. The highest BCUT2D eigenvalue weighted by Crippen LogP contribution is 2.46. The normalized spacial score (nSPS) is 15.3. The molecule has 6 heteroatoms. The van der Waals surface area contributed by atoms with E-state index in [1.54, 1.807) is 24.5 Å². The average molecular weight is 464 g/mol. The molecule has 35 heavy (non-hydrogen) atoms. The smallest absolute Gasteiger partial charge is 0.339 e. The molecule has 0 unspecified atom stereocenters. The molecule has 0 amide bonds. The molecule has 5 rings (SSSR count). The van der Waals surface area contributed by atoms with E-state index >= 15 is 0 Å². The summed E-state index contributed by atoms with van der Waals surface area (Å²) in [5.41, 5.74) is 5.20. The van der Waals surface area contributed by atoms with E-state index in [9.17, 15) is 9.59 Å². The highest BCUT2D eigenvalue weighted by molar-refractivity contribution is 6.05. The molecule has 0 bridgehead atoms. The fraction of sp³-hybridized carbons (Fsp3) is 0.172. The van der Waals surface area contributed by atoms with Gasteiger partial charge >= 0.3 is 5.97 Å². The number of anilines is 1. The van der Waals surface area contributed by atoms with Crippen LogP contribution in [0.4, 0.5) is 5.69 Å². The molecule has 0 aliphatic carbocycles. The van der Waals surface area contributed by atoms with Crippen LogP contribution in [0.1, 0.15) is 29.8 Å². The van der Waals surface area contributed by atoms with Crippen LogP contribution in [-0.2, 0) is 14.9 Å². The molecule has 4 aromatic rings. The number of ketones is 1. The molecule has 0 saturated heterocycles. The zero-order valence-electron chi connectivity index (χ0n) is 19.9. The molecule has 6 nitrogen and oxygen atoms in total. The number of carbonyl (C=O) groups is 2. The Bertz CT molecular complexity index is 1480. The highest BCUT2D eigenvalue weighted by atomic mass is 16.5. The number of likely N-dealkylation sites (N-methyl/N-ethyl adjacent to an activating group) is 1. The Kier molecular flexibility index (Phi) is 5.65. The molecular formula is C29H25N3O3. The Labute approximate surface area is 203 Å². The number of rotatable bonds is 5. The highest BCUT2D eigenvalue weighted by Gasteiger charge is 2.38. The lowest BCUT2D eigenvalue weighted by Gasteiger charge is -2.23. The van der Waals surface area contributed by atoms with Crippen LogP contribution in [0.5, 0.6) is 0 Å². The maximum Gasteiger partial charge on any atom is 0.339 e. The van der Waals surface area contributed by atoms with Crippen molar-refractivity contribution in [1.82, 2.24) is 9.97 Å². The molecule has 2 aromatic carbocycles. The predicted octanol–water partition coefficient (Wildman–Crippen LogP) is 5.33. The molecule has 2 aromatic heterocycles. The van der Waals surface area contributed by atoms with E-state index in [1.807, 2.05) is 66.5 Å². The van der Waals surface area contributed by atoms with Crippen LogP contribution in [-0.4, -0.2) is 35.4 Å². The zero-order chi connectivity index (χ0) is 24.6. The molecule has 0 N–H and O–H groups in total. The van der Waals surface area contributed by atoms with Gasteiger partial charge in [0, 0.05) is 53.3 Å². The third-order valence-corrected chi connectivity index (χ3v) is 6.48. The van der Waals surface area contributed by atoms with Gasteiger partial charge in [-0.1, -0.05) is 50.2 Å². The van der Waals surface area contributed by atoms with Crippen molar-refractivity contribution >= 4 is 28.3 Å². The second-order valence-corrected chi connectivity index (χ2v) is 9.09. The van der Waals surface area contributed by atoms with Crippen LogP contribution in [0, 0.1) is 0 Å². The van der Waals surface area contributed by atoms with E-state index in [0.29, 0.717) is 22.2 Å². The van der Waals surface area contributed by atoms with Crippen LogP contribution in [0.3, 0.4) is 0 Å². The lowest BCUT2D eigenvalue weighted by atomic mass is 9.83. The summed E-state index contributed by atoms with van der Waals surface area (Å²) >= 11 is 0. The van der Waals surface area contributed by atoms with Gasteiger partial charge in [-0.25, -0.2) is 9.78 Å².